The Balaban J connectivity index is 2.05. The van der Waals surface area contributed by atoms with Gasteiger partial charge in [0.1, 0.15) is 10.8 Å². The van der Waals surface area contributed by atoms with Crippen molar-refractivity contribution in [2.45, 2.75) is 12.8 Å². The van der Waals surface area contributed by atoms with Crippen molar-refractivity contribution in [2.75, 3.05) is 38.1 Å². The van der Waals surface area contributed by atoms with E-state index >= 15 is 0 Å². The molecule has 0 amide bonds. The summed E-state index contributed by atoms with van der Waals surface area (Å²) in [5.74, 6) is -0.306. The molecule has 5 heteroatoms. The molecule has 104 valence electrons. The Kier molecular flexibility index (Phi) is 4.71. The van der Waals surface area contributed by atoms with Gasteiger partial charge in [-0.05, 0) is 44.1 Å². The van der Waals surface area contributed by atoms with Gasteiger partial charge in [0, 0.05) is 31.4 Å². The standard InChI is InChI=1S/C14H20FN3S/c1-17(8-9-18-6-2-3-7-18)13-5-4-11(15)10-12(13)14(16)19/h4-5,10H,2-3,6-9H2,1H3,(H2,16,19). The lowest BCUT2D eigenvalue weighted by Gasteiger charge is -2.25. The van der Waals surface area contributed by atoms with Crippen molar-refractivity contribution < 1.29 is 4.39 Å². The van der Waals surface area contributed by atoms with Crippen molar-refractivity contribution in [3.05, 3.63) is 29.6 Å². The number of rotatable bonds is 5. The van der Waals surface area contributed by atoms with Crippen LogP contribution >= 0.6 is 12.2 Å². The smallest absolute Gasteiger partial charge is 0.124 e. The number of benzene rings is 1. The van der Waals surface area contributed by atoms with Gasteiger partial charge in [-0.2, -0.15) is 0 Å². The number of likely N-dealkylation sites (tertiary alicyclic amines) is 1. The fourth-order valence-corrected chi connectivity index (χ4v) is 2.62. The summed E-state index contributed by atoms with van der Waals surface area (Å²) in [5, 5.41) is 0. The molecule has 0 radical (unpaired) electrons. The summed E-state index contributed by atoms with van der Waals surface area (Å²) in [5.41, 5.74) is 7.17. The summed E-state index contributed by atoms with van der Waals surface area (Å²) >= 11 is 4.99. The van der Waals surface area contributed by atoms with E-state index in [1.54, 1.807) is 6.07 Å². The van der Waals surface area contributed by atoms with Crippen LogP contribution in [0.3, 0.4) is 0 Å². The van der Waals surface area contributed by atoms with Gasteiger partial charge in [0.05, 0.1) is 0 Å². The highest BCUT2D eigenvalue weighted by atomic mass is 32.1. The molecule has 0 unspecified atom stereocenters. The summed E-state index contributed by atoms with van der Waals surface area (Å²) in [6.45, 7) is 4.27. The molecule has 0 aromatic heterocycles. The molecule has 1 heterocycles. The first-order chi connectivity index (χ1) is 9.08. The normalized spacial score (nSPS) is 15.7. The molecule has 1 aromatic rings. The maximum absolute atomic E-state index is 13.3. The molecule has 0 spiro atoms. The van der Waals surface area contributed by atoms with E-state index in [4.69, 9.17) is 18.0 Å². The van der Waals surface area contributed by atoms with Gasteiger partial charge in [-0.1, -0.05) is 12.2 Å². The van der Waals surface area contributed by atoms with Crippen LogP contribution in [0.25, 0.3) is 0 Å². The van der Waals surface area contributed by atoms with Crippen molar-refractivity contribution in [3.63, 3.8) is 0 Å². The van der Waals surface area contributed by atoms with Crippen LogP contribution in [0.5, 0.6) is 0 Å². The van der Waals surface area contributed by atoms with Crippen LogP contribution in [0, 0.1) is 5.82 Å². The van der Waals surface area contributed by atoms with Gasteiger partial charge in [-0.3, -0.25) is 0 Å². The topological polar surface area (TPSA) is 32.5 Å². The largest absolute Gasteiger partial charge is 0.389 e. The molecule has 1 fully saturated rings. The molecule has 1 aliphatic heterocycles. The Bertz CT molecular complexity index is 458. The van der Waals surface area contributed by atoms with E-state index in [0.29, 0.717) is 5.56 Å². The Labute approximate surface area is 119 Å². The third kappa shape index (κ3) is 3.64. The van der Waals surface area contributed by atoms with Gasteiger partial charge >= 0.3 is 0 Å². The van der Waals surface area contributed by atoms with E-state index in [-0.39, 0.29) is 10.8 Å². The van der Waals surface area contributed by atoms with Crippen LogP contribution in [0.15, 0.2) is 18.2 Å². The predicted molar refractivity (Wildman–Crippen MR) is 81.2 cm³/mol. The zero-order valence-electron chi connectivity index (χ0n) is 11.2. The molecule has 0 aliphatic carbocycles. The molecule has 1 aliphatic rings. The van der Waals surface area contributed by atoms with Gasteiger partial charge in [-0.25, -0.2) is 4.39 Å². The van der Waals surface area contributed by atoms with Crippen LogP contribution in [0.4, 0.5) is 10.1 Å². The minimum absolute atomic E-state index is 0.238. The van der Waals surface area contributed by atoms with Crippen molar-refractivity contribution in [3.8, 4) is 0 Å². The van der Waals surface area contributed by atoms with Crippen molar-refractivity contribution in [2.24, 2.45) is 5.73 Å². The van der Waals surface area contributed by atoms with Crippen molar-refractivity contribution >= 4 is 22.9 Å². The van der Waals surface area contributed by atoms with Gasteiger partial charge in [0.2, 0.25) is 0 Å². The Morgan fingerprint density at radius 2 is 2.11 bits per heavy atom. The molecule has 0 bridgehead atoms. The maximum atomic E-state index is 13.3. The number of hydrogen-bond donors (Lipinski definition) is 1. The number of hydrogen-bond acceptors (Lipinski definition) is 3. The van der Waals surface area contributed by atoms with Gasteiger partial charge in [0.25, 0.3) is 0 Å². The highest BCUT2D eigenvalue weighted by Crippen LogP contribution is 2.21. The second-order valence-corrected chi connectivity index (χ2v) is 5.44. The molecule has 3 nitrogen and oxygen atoms in total. The average molecular weight is 281 g/mol. The van der Waals surface area contributed by atoms with Crippen LogP contribution < -0.4 is 10.6 Å². The highest BCUT2D eigenvalue weighted by Gasteiger charge is 2.14. The maximum Gasteiger partial charge on any atom is 0.124 e. The Morgan fingerprint density at radius 1 is 1.42 bits per heavy atom. The molecular weight excluding hydrogens is 261 g/mol. The number of anilines is 1. The minimum atomic E-state index is -0.306. The zero-order chi connectivity index (χ0) is 13.8. The van der Waals surface area contributed by atoms with Gasteiger partial charge < -0.3 is 15.5 Å². The second kappa shape index (κ2) is 6.30. The number of thiocarbonyl (C=S) groups is 1. The third-order valence-corrected chi connectivity index (χ3v) is 3.81. The molecule has 19 heavy (non-hydrogen) atoms. The average Bonchev–Trinajstić information content (AvgIpc) is 2.88. The summed E-state index contributed by atoms with van der Waals surface area (Å²) < 4.78 is 13.3. The SMILES string of the molecule is CN(CCN1CCCC1)c1ccc(F)cc1C(N)=S. The highest BCUT2D eigenvalue weighted by molar-refractivity contribution is 7.80. The Morgan fingerprint density at radius 3 is 2.74 bits per heavy atom. The first-order valence-corrected chi connectivity index (χ1v) is 7.01. The summed E-state index contributed by atoms with van der Waals surface area (Å²) in [7, 11) is 1.99. The van der Waals surface area contributed by atoms with Crippen LogP contribution in [-0.4, -0.2) is 43.1 Å². The first kappa shape index (κ1) is 14.2. The van der Waals surface area contributed by atoms with E-state index in [1.807, 2.05) is 7.05 Å². The van der Waals surface area contributed by atoms with Gasteiger partial charge in [0.15, 0.2) is 0 Å². The summed E-state index contributed by atoms with van der Waals surface area (Å²) in [6, 6.07) is 4.60. The lowest BCUT2D eigenvalue weighted by molar-refractivity contribution is 0.346. The number of nitrogens with two attached hydrogens (primary N) is 1. The van der Waals surface area contributed by atoms with Crippen LogP contribution in [-0.2, 0) is 0 Å². The monoisotopic (exact) mass is 281 g/mol. The van der Waals surface area contributed by atoms with E-state index in [0.717, 1.165) is 18.8 Å². The first-order valence-electron chi connectivity index (χ1n) is 6.61. The molecular formula is C14H20FN3S. The van der Waals surface area contributed by atoms with E-state index in [1.165, 1.54) is 38.1 Å². The van der Waals surface area contributed by atoms with Gasteiger partial charge in [-0.15, -0.1) is 0 Å². The number of halogens is 1. The molecule has 1 aromatic carbocycles. The molecule has 0 atom stereocenters. The zero-order valence-corrected chi connectivity index (χ0v) is 12.0. The minimum Gasteiger partial charge on any atom is -0.389 e. The van der Waals surface area contributed by atoms with E-state index < -0.39 is 0 Å². The predicted octanol–water partition coefficient (Wildman–Crippen LogP) is 1.99. The van der Waals surface area contributed by atoms with Crippen molar-refractivity contribution in [1.82, 2.24) is 4.90 Å². The number of nitrogens with zero attached hydrogens (tertiary/aromatic N) is 2. The second-order valence-electron chi connectivity index (χ2n) is 5.00. The third-order valence-electron chi connectivity index (χ3n) is 3.59. The fraction of sp³-hybridized carbons (Fsp3) is 0.500. The Hall–Kier alpha value is -1.20. The van der Waals surface area contributed by atoms with Crippen LogP contribution in [0.2, 0.25) is 0 Å². The summed E-state index contributed by atoms with van der Waals surface area (Å²) in [4.78, 5) is 4.77. The lowest BCUT2D eigenvalue weighted by Crippen LogP contribution is -2.32. The van der Waals surface area contributed by atoms with Crippen LogP contribution in [0.1, 0.15) is 18.4 Å². The van der Waals surface area contributed by atoms with E-state index in [2.05, 4.69) is 9.80 Å². The summed E-state index contributed by atoms with van der Waals surface area (Å²) in [6.07, 6.45) is 2.58. The molecule has 2 N–H and O–H groups in total. The number of likely N-dealkylation sites (N-methyl/N-ethyl adjacent to an activating group) is 1. The lowest BCUT2D eigenvalue weighted by atomic mass is 10.1. The molecule has 1 saturated heterocycles. The molecule has 0 saturated carbocycles. The quantitative estimate of drug-likeness (QED) is 0.837. The van der Waals surface area contributed by atoms with Crippen molar-refractivity contribution in [1.29, 1.82) is 0 Å². The molecule has 2 rings (SSSR count). The van der Waals surface area contributed by atoms with E-state index in [9.17, 15) is 4.39 Å². The fourth-order valence-electron chi connectivity index (χ4n) is 2.46.